The number of carbonyl (C=O) groups is 3. The summed E-state index contributed by atoms with van der Waals surface area (Å²) in [6.07, 6.45) is -4.57. The number of halogens is 3. The van der Waals surface area contributed by atoms with Crippen molar-refractivity contribution in [2.45, 2.75) is 50.2 Å². The summed E-state index contributed by atoms with van der Waals surface area (Å²) in [5, 5.41) is 47.3. The Kier molecular flexibility index (Phi) is 7.42. The molecule has 0 aromatic heterocycles. The minimum absolute atomic E-state index is 0.00637. The van der Waals surface area contributed by atoms with Crippen molar-refractivity contribution < 1.29 is 48.0 Å². The summed E-state index contributed by atoms with van der Waals surface area (Å²) in [5.41, 5.74) is 1.83. The number of nitrogens with zero attached hydrogens (tertiary/aromatic N) is 2. The van der Waals surface area contributed by atoms with Gasteiger partial charge in [-0.1, -0.05) is 0 Å². The van der Waals surface area contributed by atoms with Crippen LogP contribution in [0, 0.1) is 11.8 Å². The number of phenolic OH excluding ortho intramolecular Hbond substituents is 1. The van der Waals surface area contributed by atoms with Crippen LogP contribution in [0.25, 0.3) is 0 Å². The number of ketones is 2. The van der Waals surface area contributed by atoms with Gasteiger partial charge in [-0.25, -0.2) is 0 Å². The quantitative estimate of drug-likeness (QED) is 0.268. The second-order valence-corrected chi connectivity index (χ2v) is 11.3. The second kappa shape index (κ2) is 10.0. The average molecular weight is 583 g/mol. The highest BCUT2D eigenvalue weighted by molar-refractivity contribution is 6.24. The maximum atomic E-state index is 13.9. The highest BCUT2D eigenvalue weighted by Gasteiger charge is 2.63. The highest BCUT2D eigenvalue weighted by atomic mass is 19.4. The first-order valence-electron chi connectivity index (χ1n) is 12.8. The maximum Gasteiger partial charge on any atom is 0.403 e. The number of carbonyl (C=O) groups excluding carboxylic acids is 3. The van der Waals surface area contributed by atoms with Crippen LogP contribution in [-0.2, 0) is 22.6 Å². The fraction of sp³-hybridized carbons (Fsp3) is 0.519. The molecule has 0 heterocycles. The molecule has 5 atom stereocenters. The Morgan fingerprint density at radius 3 is 2.32 bits per heavy atom. The molecular formula is C27H33F3N4O7. The molecule has 14 heteroatoms. The zero-order valence-electron chi connectivity index (χ0n) is 23.1. The number of aliphatic hydroxyl groups excluding tert-OH is 2. The first-order chi connectivity index (χ1) is 18.8. The van der Waals surface area contributed by atoms with E-state index in [1.54, 1.807) is 19.0 Å². The molecule has 0 bridgehead atoms. The van der Waals surface area contributed by atoms with Crippen LogP contribution in [0.4, 0.5) is 18.9 Å². The molecule has 224 valence electrons. The largest absolute Gasteiger partial charge is 0.510 e. The van der Waals surface area contributed by atoms with Gasteiger partial charge in [-0.2, -0.15) is 13.2 Å². The van der Waals surface area contributed by atoms with Gasteiger partial charge in [0.05, 0.1) is 11.6 Å². The first kappa shape index (κ1) is 30.3. The van der Waals surface area contributed by atoms with Crippen molar-refractivity contribution in [1.29, 1.82) is 0 Å². The summed E-state index contributed by atoms with van der Waals surface area (Å²) >= 11 is 0. The molecule has 1 amide bonds. The van der Waals surface area contributed by atoms with Crippen LogP contribution >= 0.6 is 0 Å². The number of amides is 1. The number of likely N-dealkylation sites (N-methyl/N-ethyl adjacent to an activating group) is 1. The van der Waals surface area contributed by atoms with Crippen molar-refractivity contribution in [2.75, 3.05) is 33.1 Å². The van der Waals surface area contributed by atoms with E-state index in [2.05, 4.69) is 5.32 Å². The van der Waals surface area contributed by atoms with E-state index in [4.69, 9.17) is 5.73 Å². The van der Waals surface area contributed by atoms with Gasteiger partial charge in [-0.3, -0.25) is 19.3 Å². The average Bonchev–Trinajstić information content (AvgIpc) is 2.84. The van der Waals surface area contributed by atoms with Crippen LogP contribution in [0.3, 0.4) is 0 Å². The first-order valence-corrected chi connectivity index (χ1v) is 12.8. The Morgan fingerprint density at radius 1 is 1.20 bits per heavy atom. The van der Waals surface area contributed by atoms with Gasteiger partial charge >= 0.3 is 6.18 Å². The zero-order valence-corrected chi connectivity index (χ0v) is 23.1. The standard InChI is InChI=1S/C27H33F3N4O7/c1-10(27(28,29)30)32-9-12-8-15(33(2)3)13-6-11-7-14-19(34(4)5)22(37)18(25(31)40)24(39)26(14,41)23(38)16(11)21(36)17(13)20(12)35/h8,10-11,14,19,32,35,37-38,41H,6-7,9H2,1-5H3,(H2,31,40). The molecule has 3 aliphatic rings. The predicted octanol–water partition coefficient (Wildman–Crippen LogP) is 1.23. The maximum absolute atomic E-state index is 13.9. The van der Waals surface area contributed by atoms with Gasteiger partial charge < -0.3 is 36.4 Å². The molecule has 0 saturated carbocycles. The number of Topliss-reactive ketones (excluding diaryl/α,β-unsaturated/α-hetero) is 2. The zero-order chi connectivity index (χ0) is 30.9. The lowest BCUT2D eigenvalue weighted by Gasteiger charge is -2.50. The number of nitrogens with two attached hydrogens (primary N) is 1. The van der Waals surface area contributed by atoms with Gasteiger partial charge in [0.25, 0.3) is 5.91 Å². The van der Waals surface area contributed by atoms with E-state index in [0.717, 1.165) is 6.92 Å². The fourth-order valence-electron chi connectivity index (χ4n) is 6.27. The number of aliphatic hydroxyl groups is 3. The Morgan fingerprint density at radius 2 is 1.80 bits per heavy atom. The summed E-state index contributed by atoms with van der Waals surface area (Å²) in [4.78, 5) is 42.5. The molecule has 0 fully saturated rings. The topological polar surface area (TPSA) is 177 Å². The van der Waals surface area contributed by atoms with Crippen LogP contribution in [0.15, 0.2) is 28.7 Å². The monoisotopic (exact) mass is 582 g/mol. The molecule has 1 aromatic carbocycles. The Labute approximate surface area is 233 Å². The van der Waals surface area contributed by atoms with Gasteiger partial charge in [-0.15, -0.1) is 0 Å². The van der Waals surface area contributed by atoms with Crippen LogP contribution in [0.2, 0.25) is 0 Å². The third kappa shape index (κ3) is 4.53. The molecule has 0 radical (unpaired) electrons. The van der Waals surface area contributed by atoms with Gasteiger partial charge in [-0.05, 0) is 51.4 Å². The highest BCUT2D eigenvalue weighted by Crippen LogP contribution is 2.53. The molecule has 4 rings (SSSR count). The number of hydrogen-bond donors (Lipinski definition) is 6. The Balaban J connectivity index is 1.90. The van der Waals surface area contributed by atoms with Crippen molar-refractivity contribution in [1.82, 2.24) is 10.2 Å². The lowest BCUT2D eigenvalue weighted by atomic mass is 9.58. The summed E-state index contributed by atoms with van der Waals surface area (Å²) in [6, 6.07) is -1.56. The van der Waals surface area contributed by atoms with E-state index < -0.39 is 82.6 Å². The second-order valence-electron chi connectivity index (χ2n) is 11.3. The number of benzene rings is 1. The lowest BCUT2D eigenvalue weighted by molar-refractivity contribution is -0.152. The predicted molar refractivity (Wildman–Crippen MR) is 140 cm³/mol. The summed E-state index contributed by atoms with van der Waals surface area (Å²) in [6.45, 7) is 0.470. The number of aromatic hydroxyl groups is 1. The Hall–Kier alpha value is -3.62. The van der Waals surface area contributed by atoms with Crippen molar-refractivity contribution in [3.63, 3.8) is 0 Å². The smallest absolute Gasteiger partial charge is 0.403 e. The number of allylic oxidation sites excluding steroid dienone is 1. The summed E-state index contributed by atoms with van der Waals surface area (Å²) in [5.74, 6) is -7.82. The molecule has 0 aliphatic heterocycles. The van der Waals surface area contributed by atoms with Gasteiger partial charge in [0, 0.05) is 43.4 Å². The third-order valence-corrected chi connectivity index (χ3v) is 8.35. The van der Waals surface area contributed by atoms with Crippen LogP contribution in [-0.4, -0.2) is 94.9 Å². The number of rotatable bonds is 6. The number of alkyl halides is 3. The minimum Gasteiger partial charge on any atom is -0.510 e. The third-order valence-electron chi connectivity index (χ3n) is 8.35. The molecule has 41 heavy (non-hydrogen) atoms. The number of phenols is 1. The molecular weight excluding hydrogens is 549 g/mol. The van der Waals surface area contributed by atoms with E-state index >= 15 is 0 Å². The molecule has 11 nitrogen and oxygen atoms in total. The van der Waals surface area contributed by atoms with Crippen LogP contribution in [0.1, 0.15) is 34.8 Å². The van der Waals surface area contributed by atoms with Crippen molar-refractivity contribution in [3.8, 4) is 5.75 Å². The number of hydrogen-bond acceptors (Lipinski definition) is 10. The number of primary amides is 1. The van der Waals surface area contributed by atoms with Crippen molar-refractivity contribution >= 4 is 23.2 Å². The van der Waals surface area contributed by atoms with Gasteiger partial charge in [0.15, 0.2) is 11.4 Å². The molecule has 0 saturated heterocycles. The molecule has 7 N–H and O–H groups in total. The summed E-state index contributed by atoms with van der Waals surface area (Å²) in [7, 11) is 6.38. The molecule has 3 aliphatic carbocycles. The van der Waals surface area contributed by atoms with Gasteiger partial charge in [0.1, 0.15) is 28.9 Å². The Bertz CT molecular complexity index is 1400. The van der Waals surface area contributed by atoms with Crippen LogP contribution in [0.5, 0.6) is 5.75 Å². The van der Waals surface area contributed by atoms with E-state index in [0.29, 0.717) is 11.3 Å². The van der Waals surface area contributed by atoms with Crippen molar-refractivity contribution in [3.05, 3.63) is 45.4 Å². The molecule has 5 unspecified atom stereocenters. The summed E-state index contributed by atoms with van der Waals surface area (Å²) < 4.78 is 39.2. The fourth-order valence-corrected chi connectivity index (χ4v) is 6.27. The normalized spacial score (nSPS) is 27.0. The van der Waals surface area contributed by atoms with Crippen LogP contribution < -0.4 is 16.0 Å². The lowest BCUT2D eigenvalue weighted by Crippen LogP contribution is -2.63. The van der Waals surface area contributed by atoms with Crippen molar-refractivity contribution in [2.24, 2.45) is 17.6 Å². The minimum atomic E-state index is -4.55. The number of anilines is 1. The number of nitrogens with one attached hydrogen (secondary N) is 1. The van der Waals surface area contributed by atoms with E-state index in [1.807, 2.05) is 0 Å². The number of fused-ring (bicyclic) bond motifs is 3. The van der Waals surface area contributed by atoms with E-state index in [1.165, 1.54) is 25.1 Å². The molecule has 0 spiro atoms. The molecule has 1 aromatic rings. The van der Waals surface area contributed by atoms with E-state index in [-0.39, 0.29) is 29.5 Å². The SMILES string of the molecule is CC(NCc1cc(N(C)C)c2c(c1O)C(=O)C1=C(O)C3(O)C(=O)C(C(N)=O)=C(O)C(N(C)C)C3CC1C2)C(F)(F)F. The van der Waals surface area contributed by atoms with E-state index in [9.17, 15) is 48.0 Å². The van der Waals surface area contributed by atoms with Gasteiger partial charge in [0.2, 0.25) is 5.78 Å².